The number of nitrogens with one attached hydrogen (secondary N) is 1. The van der Waals surface area contributed by atoms with Crippen molar-refractivity contribution in [3.63, 3.8) is 0 Å². The van der Waals surface area contributed by atoms with Crippen LogP contribution in [0.15, 0.2) is 68.9 Å². The molecule has 2 heterocycles. The van der Waals surface area contributed by atoms with Crippen molar-refractivity contribution in [2.24, 2.45) is 0 Å². The maximum Gasteiger partial charge on any atom is 0.233 e. The summed E-state index contributed by atoms with van der Waals surface area (Å²) in [6.07, 6.45) is 1.99. The molecular weight excluding hydrogens is 376 g/mol. The van der Waals surface area contributed by atoms with Gasteiger partial charge in [-0.05, 0) is 44.0 Å². The molecule has 0 spiro atoms. The molecule has 1 N–H and O–H groups in total. The van der Waals surface area contributed by atoms with Crippen LogP contribution in [0.4, 0.5) is 5.88 Å². The van der Waals surface area contributed by atoms with Crippen molar-refractivity contribution in [2.75, 3.05) is 18.5 Å². The smallest absolute Gasteiger partial charge is 0.233 e. The summed E-state index contributed by atoms with van der Waals surface area (Å²) in [6, 6.07) is 16.0. The normalized spacial score (nSPS) is 17.0. The summed E-state index contributed by atoms with van der Waals surface area (Å²) in [5, 5.41) is 3.00. The van der Waals surface area contributed by atoms with E-state index in [2.05, 4.69) is 10.3 Å². The Morgan fingerprint density at radius 2 is 1.86 bits per heavy atom. The van der Waals surface area contributed by atoms with Gasteiger partial charge in [-0.15, -0.1) is 0 Å². The van der Waals surface area contributed by atoms with E-state index in [-0.39, 0.29) is 27.8 Å². The highest BCUT2D eigenvalue weighted by atomic mass is 32.2. The van der Waals surface area contributed by atoms with E-state index in [0.29, 0.717) is 12.1 Å². The van der Waals surface area contributed by atoms with E-state index in [0.717, 1.165) is 25.0 Å². The molecule has 1 aliphatic rings. The van der Waals surface area contributed by atoms with Crippen molar-refractivity contribution in [2.45, 2.75) is 35.8 Å². The predicted molar refractivity (Wildman–Crippen MR) is 106 cm³/mol. The number of sulfone groups is 1. The number of aryl methyl sites for hydroxylation is 1. The summed E-state index contributed by atoms with van der Waals surface area (Å²) in [5.41, 5.74) is 1.70. The average Bonchev–Trinajstić information content (AvgIpc) is 3.37. The van der Waals surface area contributed by atoms with Gasteiger partial charge in [0.25, 0.3) is 0 Å². The van der Waals surface area contributed by atoms with Gasteiger partial charge in [0.05, 0.1) is 11.0 Å². The number of rotatable bonds is 6. The van der Waals surface area contributed by atoms with Gasteiger partial charge in [0.2, 0.25) is 26.6 Å². The molecule has 0 radical (unpaired) electrons. The van der Waals surface area contributed by atoms with Gasteiger partial charge in [0.15, 0.2) is 0 Å². The molecule has 7 heteroatoms. The number of hydrogen-bond acceptors (Lipinski definition) is 6. The number of benzene rings is 2. The molecule has 1 atom stereocenters. The quantitative estimate of drug-likeness (QED) is 0.674. The van der Waals surface area contributed by atoms with E-state index in [9.17, 15) is 8.42 Å². The Bertz CT molecular complexity index is 1040. The second kappa shape index (κ2) is 7.77. The third-order valence-electron chi connectivity index (χ3n) is 4.72. The van der Waals surface area contributed by atoms with Crippen molar-refractivity contribution in [1.82, 2.24) is 4.98 Å². The summed E-state index contributed by atoms with van der Waals surface area (Å²) in [6.45, 7) is 3.11. The predicted octanol–water partition coefficient (Wildman–Crippen LogP) is 4.07. The Morgan fingerprint density at radius 1 is 1.11 bits per heavy atom. The first-order valence-electron chi connectivity index (χ1n) is 9.27. The monoisotopic (exact) mass is 398 g/mol. The number of hydrogen-bond donors (Lipinski definition) is 1. The SMILES string of the molecule is Cc1ccc(S(=O)(=O)c2nc(-c3ccccc3)oc2NCC2CCCO2)cc1. The molecule has 0 amide bonds. The number of ether oxygens (including phenoxy) is 1. The van der Waals surface area contributed by atoms with Crippen molar-refractivity contribution >= 4 is 15.7 Å². The molecule has 1 aliphatic heterocycles. The minimum absolute atomic E-state index is 0.0419. The van der Waals surface area contributed by atoms with Gasteiger partial charge in [-0.2, -0.15) is 4.98 Å². The Hall–Kier alpha value is -2.64. The molecule has 2 aromatic carbocycles. The molecule has 1 saturated heterocycles. The Labute approximate surface area is 164 Å². The fourth-order valence-electron chi connectivity index (χ4n) is 3.15. The van der Waals surface area contributed by atoms with E-state index in [1.165, 1.54) is 0 Å². The maximum absolute atomic E-state index is 13.2. The molecule has 3 aromatic rings. The van der Waals surface area contributed by atoms with Gasteiger partial charge in [-0.25, -0.2) is 8.42 Å². The van der Waals surface area contributed by atoms with E-state index in [1.54, 1.807) is 24.3 Å². The van der Waals surface area contributed by atoms with E-state index in [1.807, 2.05) is 37.3 Å². The van der Waals surface area contributed by atoms with Crippen molar-refractivity contribution in [1.29, 1.82) is 0 Å². The maximum atomic E-state index is 13.2. The first-order valence-corrected chi connectivity index (χ1v) is 10.8. The van der Waals surface area contributed by atoms with Crippen LogP contribution in [0.1, 0.15) is 18.4 Å². The lowest BCUT2D eigenvalue weighted by Crippen LogP contribution is -2.19. The number of aromatic nitrogens is 1. The first kappa shape index (κ1) is 18.7. The van der Waals surface area contributed by atoms with Crippen LogP contribution in [0.5, 0.6) is 0 Å². The standard InChI is InChI=1S/C21H22N2O4S/c1-15-9-11-18(12-10-15)28(24,25)21-20(22-14-17-8-5-13-26-17)27-19(23-21)16-6-3-2-4-7-16/h2-4,6-7,9-12,17,22H,5,8,13-14H2,1H3. The van der Waals surface area contributed by atoms with Gasteiger partial charge in [-0.1, -0.05) is 35.9 Å². The molecule has 1 fully saturated rings. The van der Waals surface area contributed by atoms with E-state index in [4.69, 9.17) is 9.15 Å². The van der Waals surface area contributed by atoms with Crippen LogP contribution in [-0.4, -0.2) is 32.7 Å². The largest absolute Gasteiger partial charge is 0.419 e. The van der Waals surface area contributed by atoms with Gasteiger partial charge < -0.3 is 14.5 Å². The molecular formula is C21H22N2O4S. The molecule has 6 nitrogen and oxygen atoms in total. The molecule has 146 valence electrons. The number of nitrogens with zero attached hydrogens (tertiary/aromatic N) is 1. The summed E-state index contributed by atoms with van der Waals surface area (Å²) < 4.78 is 37.9. The minimum Gasteiger partial charge on any atom is -0.419 e. The van der Waals surface area contributed by atoms with Gasteiger partial charge in [0.1, 0.15) is 0 Å². The van der Waals surface area contributed by atoms with Crippen LogP contribution < -0.4 is 5.32 Å². The van der Waals surface area contributed by atoms with Crippen LogP contribution >= 0.6 is 0 Å². The van der Waals surface area contributed by atoms with Crippen molar-refractivity contribution in [3.8, 4) is 11.5 Å². The van der Waals surface area contributed by atoms with Crippen LogP contribution in [0.25, 0.3) is 11.5 Å². The Kier molecular flexibility index (Phi) is 5.19. The average molecular weight is 398 g/mol. The van der Waals surface area contributed by atoms with Crippen LogP contribution in [0, 0.1) is 6.92 Å². The van der Waals surface area contributed by atoms with Gasteiger partial charge >= 0.3 is 0 Å². The molecule has 1 aromatic heterocycles. The van der Waals surface area contributed by atoms with Crippen LogP contribution in [0.3, 0.4) is 0 Å². The number of oxazole rings is 1. The lowest BCUT2D eigenvalue weighted by atomic mass is 10.2. The fourth-order valence-corrected chi connectivity index (χ4v) is 4.42. The minimum atomic E-state index is -3.83. The summed E-state index contributed by atoms with van der Waals surface area (Å²) in [5.74, 6) is 0.413. The number of anilines is 1. The fraction of sp³-hybridized carbons (Fsp3) is 0.286. The molecule has 1 unspecified atom stereocenters. The highest BCUT2D eigenvalue weighted by Crippen LogP contribution is 2.32. The zero-order valence-electron chi connectivity index (χ0n) is 15.6. The second-order valence-electron chi connectivity index (χ2n) is 6.85. The van der Waals surface area contributed by atoms with Gasteiger partial charge in [0, 0.05) is 18.7 Å². The van der Waals surface area contributed by atoms with Crippen molar-refractivity contribution < 1.29 is 17.6 Å². The topological polar surface area (TPSA) is 81.4 Å². The summed E-state index contributed by atoms with van der Waals surface area (Å²) in [7, 11) is -3.83. The Balaban J connectivity index is 1.72. The van der Waals surface area contributed by atoms with Crippen LogP contribution in [-0.2, 0) is 14.6 Å². The zero-order valence-corrected chi connectivity index (χ0v) is 16.4. The third-order valence-corrected chi connectivity index (χ3v) is 6.40. The second-order valence-corrected chi connectivity index (χ2v) is 8.72. The zero-order chi connectivity index (χ0) is 19.6. The Morgan fingerprint density at radius 3 is 2.54 bits per heavy atom. The molecule has 0 saturated carbocycles. The van der Waals surface area contributed by atoms with Crippen molar-refractivity contribution in [3.05, 3.63) is 60.2 Å². The first-order chi connectivity index (χ1) is 13.5. The third kappa shape index (κ3) is 3.81. The molecule has 0 bridgehead atoms. The van der Waals surface area contributed by atoms with E-state index < -0.39 is 9.84 Å². The molecule has 4 rings (SSSR count). The highest BCUT2D eigenvalue weighted by Gasteiger charge is 2.29. The summed E-state index contributed by atoms with van der Waals surface area (Å²) >= 11 is 0. The molecule has 28 heavy (non-hydrogen) atoms. The highest BCUT2D eigenvalue weighted by molar-refractivity contribution is 7.91. The van der Waals surface area contributed by atoms with E-state index >= 15 is 0 Å². The summed E-state index contributed by atoms with van der Waals surface area (Å²) in [4.78, 5) is 4.52. The van der Waals surface area contributed by atoms with Crippen LogP contribution in [0.2, 0.25) is 0 Å². The van der Waals surface area contributed by atoms with Gasteiger partial charge in [-0.3, -0.25) is 0 Å². The lowest BCUT2D eigenvalue weighted by molar-refractivity contribution is 0.120. The molecule has 0 aliphatic carbocycles. The lowest BCUT2D eigenvalue weighted by Gasteiger charge is -2.10.